The van der Waals surface area contributed by atoms with Crippen LogP contribution >= 0.6 is 0 Å². The monoisotopic (exact) mass is 881 g/mol. The third-order valence-electron chi connectivity index (χ3n) is 19.8. The maximum atomic E-state index is 13.9. The average molecular weight is 881 g/mol. The second-order valence-corrected chi connectivity index (χ2v) is 22.8. The van der Waals surface area contributed by atoms with Crippen molar-refractivity contribution < 1.29 is 54.8 Å². The highest BCUT2D eigenvalue weighted by molar-refractivity contribution is 5.78. The van der Waals surface area contributed by atoms with Gasteiger partial charge in [-0.25, -0.2) is 0 Å². The quantitative estimate of drug-likeness (QED) is 0.0605. The molecule has 7 N–H and O–H groups in total. The van der Waals surface area contributed by atoms with Crippen molar-refractivity contribution in [2.45, 2.75) is 187 Å². The van der Waals surface area contributed by atoms with Crippen LogP contribution in [0.1, 0.15) is 143 Å². The van der Waals surface area contributed by atoms with Gasteiger partial charge in [-0.3, -0.25) is 4.79 Å². The number of carboxylic acids is 1. The van der Waals surface area contributed by atoms with Crippen LogP contribution in [0.3, 0.4) is 0 Å². The lowest BCUT2D eigenvalue weighted by atomic mass is 9.29. The average Bonchev–Trinajstić information content (AvgIpc) is 3.27. The van der Waals surface area contributed by atoms with E-state index in [1.54, 1.807) is 0 Å². The molecule has 0 unspecified atom stereocenters. The molecule has 63 heavy (non-hydrogen) atoms. The number of ether oxygens (including phenoxy) is 3. The van der Waals surface area contributed by atoms with Gasteiger partial charge in [-0.05, 0) is 121 Å². The Labute approximate surface area is 376 Å². The molecule has 0 aromatic heterocycles. The van der Waals surface area contributed by atoms with Crippen LogP contribution in [-0.2, 0) is 25.6 Å². The Bertz CT molecular complexity index is 1790. The number of aliphatic hydroxyl groups excluding tert-OH is 6. The molecule has 1 aliphatic heterocycles. The summed E-state index contributed by atoms with van der Waals surface area (Å²) in [5.74, 6) is -0.799. The lowest BCUT2D eigenvalue weighted by Crippen LogP contribution is -2.73. The minimum absolute atomic E-state index is 0.00183. The summed E-state index contributed by atoms with van der Waals surface area (Å²) in [6.45, 7) is 11.2. The number of hydrogen-bond acceptors (Lipinski definition) is 10. The SMILES string of the molecule is CCCCC[C@H]1C[C@@]2(C(=O)O)[C@H](O)C[C@](C)(CO)C[C@H]2C2=CC[C@@H]3[C@@]4(C5CCCCC5)C[C@@H](OCc5ccccc5)[C@@H](O[C@@H]5OC[C@@H](O)[C@H](O)[C@H]5O)[C@@](C)(CO)[C@H]4CC[C@@]3(C)[C@@]21C. The topological polar surface area (TPSA) is 186 Å². The second-order valence-electron chi connectivity index (χ2n) is 22.8. The zero-order valence-electron chi connectivity index (χ0n) is 38.8. The molecule has 6 aliphatic carbocycles. The Morgan fingerprint density at radius 1 is 0.857 bits per heavy atom. The molecule has 0 amide bonds. The van der Waals surface area contributed by atoms with Crippen molar-refractivity contribution in [1.29, 1.82) is 0 Å². The number of hydrogen-bond donors (Lipinski definition) is 7. The number of fused-ring (bicyclic) bond motifs is 7. The number of carboxylic acid groups (broad SMARTS) is 1. The predicted molar refractivity (Wildman–Crippen MR) is 238 cm³/mol. The molecule has 0 spiro atoms. The highest BCUT2D eigenvalue weighted by Gasteiger charge is 2.76. The number of unbranched alkanes of at least 4 members (excludes halogenated alkanes) is 2. The van der Waals surface area contributed by atoms with Gasteiger partial charge in [0.25, 0.3) is 0 Å². The number of allylic oxidation sites excluding steroid dienone is 2. The molecule has 8 rings (SSSR count). The van der Waals surface area contributed by atoms with Crippen molar-refractivity contribution in [2.75, 3.05) is 19.8 Å². The predicted octanol–water partition coefficient (Wildman–Crippen LogP) is 7.17. The van der Waals surface area contributed by atoms with Gasteiger partial charge in [-0.1, -0.05) is 115 Å². The number of aliphatic hydroxyl groups is 6. The largest absolute Gasteiger partial charge is 0.481 e. The van der Waals surface area contributed by atoms with E-state index in [4.69, 9.17) is 14.2 Å². The number of carbonyl (C=O) groups is 1. The first-order valence-electron chi connectivity index (χ1n) is 24.8. The van der Waals surface area contributed by atoms with Crippen molar-refractivity contribution in [3.8, 4) is 0 Å². The van der Waals surface area contributed by atoms with E-state index in [-0.39, 0.29) is 54.8 Å². The summed E-state index contributed by atoms with van der Waals surface area (Å²) in [7, 11) is 0. The molecule has 7 aliphatic rings. The first kappa shape index (κ1) is 47.6. The van der Waals surface area contributed by atoms with Gasteiger partial charge < -0.3 is 50.0 Å². The van der Waals surface area contributed by atoms with E-state index in [2.05, 4.69) is 33.8 Å². The van der Waals surface area contributed by atoms with E-state index in [9.17, 15) is 40.5 Å². The lowest BCUT2D eigenvalue weighted by Gasteiger charge is -2.75. The number of benzene rings is 1. The van der Waals surface area contributed by atoms with Gasteiger partial charge in [0.05, 0.1) is 38.1 Å². The highest BCUT2D eigenvalue weighted by Crippen LogP contribution is 2.79. The van der Waals surface area contributed by atoms with E-state index < -0.39 is 76.5 Å². The summed E-state index contributed by atoms with van der Waals surface area (Å²) in [6, 6.07) is 10.1. The molecular formula is C52H80O11. The third kappa shape index (κ3) is 7.43. The molecule has 0 bridgehead atoms. The molecule has 354 valence electrons. The van der Waals surface area contributed by atoms with Crippen LogP contribution < -0.4 is 0 Å². The van der Waals surface area contributed by atoms with Crippen LogP contribution in [0.5, 0.6) is 0 Å². The van der Waals surface area contributed by atoms with Gasteiger partial charge in [0.1, 0.15) is 23.7 Å². The summed E-state index contributed by atoms with van der Waals surface area (Å²) in [4.78, 5) is 13.9. The van der Waals surface area contributed by atoms with Crippen molar-refractivity contribution in [3.05, 3.63) is 47.5 Å². The number of aliphatic carboxylic acids is 1. The Morgan fingerprint density at radius 3 is 2.25 bits per heavy atom. The molecule has 1 heterocycles. The van der Waals surface area contributed by atoms with E-state index in [1.807, 2.05) is 37.3 Å². The van der Waals surface area contributed by atoms with Crippen LogP contribution in [-0.4, -0.2) is 104 Å². The molecule has 11 nitrogen and oxygen atoms in total. The van der Waals surface area contributed by atoms with Crippen LogP contribution in [0.4, 0.5) is 0 Å². The minimum atomic E-state index is -1.49. The van der Waals surface area contributed by atoms with E-state index >= 15 is 0 Å². The minimum Gasteiger partial charge on any atom is -0.481 e. The molecule has 17 atom stereocenters. The standard InChI is InChI=1S/C52H80O11/c1-6-7-10-19-34-24-52(46(59)60)36(25-47(2,30-53)27-41(52)56)35-20-21-40-49(4,50(34,35)5)23-22-39-48(3,31-54)44(63-45-43(58)42(57)37(55)29-62-45)38(61-28-32-15-11-8-12-16-32)26-51(39,40)33-17-13-9-14-18-33/h8,11-12,15-16,20,33-34,36-45,53-58H,6-7,9-10,13-14,17-19,21-31H2,1-5H3,(H,59,60)/t34-,36-,37+,38+,39+,40-,41+,42-,43+,44+,45-,47+,48-,49+,50+,51+,52-/m0/s1. The van der Waals surface area contributed by atoms with Crippen LogP contribution in [0.25, 0.3) is 0 Å². The maximum Gasteiger partial charge on any atom is 0.312 e. The Hall–Kier alpha value is -1.93. The van der Waals surface area contributed by atoms with Crippen molar-refractivity contribution in [1.82, 2.24) is 0 Å². The fourth-order valence-electron chi connectivity index (χ4n) is 16.4. The molecule has 6 fully saturated rings. The second kappa shape index (κ2) is 17.9. The highest BCUT2D eigenvalue weighted by atomic mass is 16.7. The zero-order chi connectivity index (χ0) is 45.2. The smallest absolute Gasteiger partial charge is 0.312 e. The lowest BCUT2D eigenvalue weighted by molar-refractivity contribution is -0.340. The number of rotatable bonds is 13. The van der Waals surface area contributed by atoms with Crippen molar-refractivity contribution >= 4 is 5.97 Å². The van der Waals surface area contributed by atoms with Gasteiger partial charge in [0, 0.05) is 12.0 Å². The van der Waals surface area contributed by atoms with Crippen LogP contribution in [0, 0.1) is 62.1 Å². The van der Waals surface area contributed by atoms with Crippen molar-refractivity contribution in [3.63, 3.8) is 0 Å². The Morgan fingerprint density at radius 2 is 1.59 bits per heavy atom. The van der Waals surface area contributed by atoms with Crippen LogP contribution in [0.15, 0.2) is 42.0 Å². The fraction of sp³-hybridized carbons (Fsp3) is 0.827. The van der Waals surface area contributed by atoms with Gasteiger partial charge in [0.2, 0.25) is 0 Å². The summed E-state index contributed by atoms with van der Waals surface area (Å²) in [6.07, 6.45) is 8.61. The van der Waals surface area contributed by atoms with E-state index in [0.717, 1.165) is 76.2 Å². The maximum absolute atomic E-state index is 13.9. The molecular weight excluding hydrogens is 801 g/mol. The van der Waals surface area contributed by atoms with Crippen molar-refractivity contribution in [2.24, 2.45) is 62.1 Å². The van der Waals surface area contributed by atoms with Gasteiger partial charge in [-0.2, -0.15) is 0 Å². The normalized spacial score (nSPS) is 47.7. The summed E-state index contributed by atoms with van der Waals surface area (Å²) in [5.41, 5.74) is -1.56. The van der Waals surface area contributed by atoms with Gasteiger partial charge in [0.15, 0.2) is 6.29 Å². The molecule has 0 radical (unpaired) electrons. The fourth-order valence-corrected chi connectivity index (χ4v) is 16.4. The van der Waals surface area contributed by atoms with Gasteiger partial charge >= 0.3 is 5.97 Å². The summed E-state index contributed by atoms with van der Waals surface area (Å²) < 4.78 is 19.9. The summed E-state index contributed by atoms with van der Waals surface area (Å²) in [5, 5.41) is 78.7. The zero-order valence-corrected chi connectivity index (χ0v) is 38.8. The van der Waals surface area contributed by atoms with Crippen LogP contribution in [0.2, 0.25) is 0 Å². The van der Waals surface area contributed by atoms with E-state index in [0.29, 0.717) is 31.8 Å². The van der Waals surface area contributed by atoms with Gasteiger partial charge in [-0.15, -0.1) is 0 Å². The molecule has 1 aromatic rings. The molecule has 11 heteroatoms. The Balaban J connectivity index is 1.29. The first-order chi connectivity index (χ1) is 30.0. The molecule has 1 aromatic carbocycles. The van der Waals surface area contributed by atoms with E-state index in [1.165, 1.54) is 12.0 Å². The Kier molecular flexibility index (Phi) is 13.5. The third-order valence-corrected chi connectivity index (χ3v) is 19.8. The summed E-state index contributed by atoms with van der Waals surface area (Å²) >= 11 is 0. The first-order valence-corrected chi connectivity index (χ1v) is 24.8. The molecule has 5 saturated carbocycles. The molecule has 1 saturated heterocycles.